The van der Waals surface area contributed by atoms with Gasteiger partial charge in [0.1, 0.15) is 0 Å². The van der Waals surface area contributed by atoms with Crippen molar-refractivity contribution in [1.82, 2.24) is 0 Å². The fourth-order valence-electron chi connectivity index (χ4n) is 3.16. The summed E-state index contributed by atoms with van der Waals surface area (Å²) in [5.74, 6) is 2.34. The van der Waals surface area contributed by atoms with Crippen LogP contribution in [0.3, 0.4) is 0 Å². The third-order valence-electron chi connectivity index (χ3n) is 4.66. The maximum atomic E-state index is 14.1. The quantitative estimate of drug-likeness (QED) is 0.216. The minimum Gasteiger partial charge on any atom is -0.381 e. The van der Waals surface area contributed by atoms with Crippen LogP contribution in [-0.4, -0.2) is 24.3 Å². The zero-order chi connectivity index (χ0) is 22.8. The predicted octanol–water partition coefficient (Wildman–Crippen LogP) is 5.15. The van der Waals surface area contributed by atoms with Crippen LogP contribution in [0.2, 0.25) is 10.0 Å². The van der Waals surface area contributed by atoms with Crippen LogP contribution in [0.1, 0.15) is 28.7 Å². The lowest BCUT2D eigenvalue weighted by Crippen LogP contribution is -2.42. The molecule has 5 nitrogen and oxygen atoms in total. The Morgan fingerprint density at radius 3 is 2.55 bits per heavy atom. The number of benzene rings is 2. The molecule has 1 unspecified atom stereocenters. The van der Waals surface area contributed by atoms with Crippen LogP contribution in [0.25, 0.3) is 0 Å². The first-order valence-electron chi connectivity index (χ1n) is 8.86. The predicted molar refractivity (Wildman–Crippen MR) is 113 cm³/mol. The van der Waals surface area contributed by atoms with E-state index in [4.69, 9.17) is 45.0 Å². The van der Waals surface area contributed by atoms with Crippen molar-refractivity contribution in [2.24, 2.45) is 16.0 Å². The zero-order valence-corrected chi connectivity index (χ0v) is 17.6. The molecule has 2 aromatic carbocycles. The highest BCUT2D eigenvalue weighted by Crippen LogP contribution is 2.49. The van der Waals surface area contributed by atoms with Crippen molar-refractivity contribution in [1.29, 1.82) is 0 Å². The molecule has 0 bridgehead atoms. The fourth-order valence-corrected chi connectivity index (χ4v) is 3.69. The molecular weight excluding hydrogens is 454 g/mol. The van der Waals surface area contributed by atoms with Gasteiger partial charge in [0.05, 0.1) is 5.71 Å². The molecule has 1 aliphatic heterocycles. The fraction of sp³-hybridized carbons (Fsp3) is 0.238. The van der Waals surface area contributed by atoms with E-state index in [0.717, 1.165) is 0 Å². The van der Waals surface area contributed by atoms with E-state index >= 15 is 0 Å². The molecule has 31 heavy (non-hydrogen) atoms. The van der Waals surface area contributed by atoms with Gasteiger partial charge in [0.25, 0.3) is 5.60 Å². The normalized spacial score (nSPS) is 18.9. The van der Waals surface area contributed by atoms with Crippen LogP contribution in [-0.2, 0) is 15.3 Å². The number of halogens is 5. The Balaban J connectivity index is 1.93. The number of nitrogens with zero attached hydrogens (tertiary/aromatic N) is 2. The van der Waals surface area contributed by atoms with E-state index in [-0.39, 0.29) is 33.8 Å². The first kappa shape index (κ1) is 22.8. The smallest absolute Gasteiger partial charge is 0.381 e. The molecule has 0 fully saturated rings. The van der Waals surface area contributed by atoms with E-state index in [1.54, 1.807) is 25.1 Å². The summed E-state index contributed by atoms with van der Waals surface area (Å²) in [6.07, 6.45) is -0.247. The summed E-state index contributed by atoms with van der Waals surface area (Å²) in [4.78, 5) is 9.86. The van der Waals surface area contributed by atoms with E-state index in [1.807, 2.05) is 0 Å². The largest absolute Gasteiger partial charge is 0.435 e. The Morgan fingerprint density at radius 1 is 1.29 bits per heavy atom. The first-order chi connectivity index (χ1) is 14.6. The highest BCUT2D eigenvalue weighted by Gasteiger charge is 2.62. The molecular formula is C21H16Cl2F3N3O2. The second-order valence-electron chi connectivity index (χ2n) is 6.77. The number of nitrogens with two attached hydrogens (primary N) is 1. The summed E-state index contributed by atoms with van der Waals surface area (Å²) >= 11 is 11.8. The molecule has 0 saturated carbocycles. The minimum atomic E-state index is -4.77. The van der Waals surface area contributed by atoms with Gasteiger partial charge in [-0.15, -0.1) is 6.42 Å². The third kappa shape index (κ3) is 4.58. The van der Waals surface area contributed by atoms with E-state index in [2.05, 4.69) is 16.2 Å². The average Bonchev–Trinajstić information content (AvgIpc) is 3.14. The molecule has 0 aromatic heterocycles. The molecule has 0 spiro atoms. The van der Waals surface area contributed by atoms with Crippen LogP contribution in [0.15, 0.2) is 46.7 Å². The van der Waals surface area contributed by atoms with Crippen LogP contribution < -0.4 is 5.73 Å². The first-order valence-corrected chi connectivity index (χ1v) is 9.61. The highest BCUT2D eigenvalue weighted by atomic mass is 35.5. The summed E-state index contributed by atoms with van der Waals surface area (Å²) in [5, 5.41) is 7.57. The number of aryl methyl sites for hydroxylation is 1. The van der Waals surface area contributed by atoms with Crippen LogP contribution in [0.4, 0.5) is 13.2 Å². The van der Waals surface area contributed by atoms with Crippen LogP contribution >= 0.6 is 23.2 Å². The van der Waals surface area contributed by atoms with Crippen LogP contribution in [0, 0.1) is 19.3 Å². The van der Waals surface area contributed by atoms with Crippen molar-refractivity contribution in [2.75, 3.05) is 6.61 Å². The van der Waals surface area contributed by atoms with Gasteiger partial charge in [0, 0.05) is 27.6 Å². The molecule has 0 amide bonds. The van der Waals surface area contributed by atoms with Crippen molar-refractivity contribution in [3.05, 3.63) is 68.7 Å². The number of hydrogen-bond donors (Lipinski definition) is 1. The van der Waals surface area contributed by atoms with E-state index < -0.39 is 18.2 Å². The molecule has 3 rings (SSSR count). The molecule has 1 atom stereocenters. The van der Waals surface area contributed by atoms with Crippen molar-refractivity contribution in [3.63, 3.8) is 0 Å². The van der Waals surface area contributed by atoms with Gasteiger partial charge in [0.15, 0.2) is 12.4 Å². The topological polar surface area (TPSA) is 69.2 Å². The number of alkyl halides is 3. The SMILES string of the molecule is C#CCON=C(N)c1ccc(C2=NOC(c3cc(Cl)cc(Cl)c3)(C(F)(F)F)C2)cc1C. The van der Waals surface area contributed by atoms with Crippen molar-refractivity contribution in [2.45, 2.75) is 25.1 Å². The van der Waals surface area contributed by atoms with Crippen LogP contribution in [0.5, 0.6) is 0 Å². The maximum absolute atomic E-state index is 14.1. The summed E-state index contributed by atoms with van der Waals surface area (Å²) in [7, 11) is 0. The van der Waals surface area contributed by atoms with Gasteiger partial charge < -0.3 is 15.4 Å². The summed E-state index contributed by atoms with van der Waals surface area (Å²) in [5.41, 5.74) is 4.70. The lowest BCUT2D eigenvalue weighted by atomic mass is 9.86. The molecule has 10 heteroatoms. The Bertz CT molecular complexity index is 1090. The number of terminal acetylenes is 1. The lowest BCUT2D eigenvalue weighted by molar-refractivity contribution is -0.275. The zero-order valence-electron chi connectivity index (χ0n) is 16.1. The van der Waals surface area contributed by atoms with Gasteiger partial charge in [0.2, 0.25) is 0 Å². The van der Waals surface area contributed by atoms with Crippen molar-refractivity contribution < 1.29 is 22.8 Å². The maximum Gasteiger partial charge on any atom is 0.435 e. The Labute approximate surface area is 186 Å². The molecule has 162 valence electrons. The Morgan fingerprint density at radius 2 is 1.97 bits per heavy atom. The van der Waals surface area contributed by atoms with Gasteiger partial charge in [-0.3, -0.25) is 0 Å². The molecule has 1 aliphatic rings. The average molecular weight is 470 g/mol. The monoisotopic (exact) mass is 469 g/mol. The number of amidine groups is 1. The number of oxime groups is 2. The van der Waals surface area contributed by atoms with Gasteiger partial charge >= 0.3 is 6.18 Å². The van der Waals surface area contributed by atoms with E-state index in [9.17, 15) is 13.2 Å². The molecule has 0 saturated heterocycles. The molecule has 2 N–H and O–H groups in total. The Kier molecular flexibility index (Phi) is 6.39. The lowest BCUT2D eigenvalue weighted by Gasteiger charge is -2.29. The Hall–Kier alpha value is -2.89. The molecule has 1 heterocycles. The number of rotatable bonds is 5. The molecule has 2 aromatic rings. The van der Waals surface area contributed by atoms with Crippen molar-refractivity contribution >= 4 is 34.7 Å². The third-order valence-corrected chi connectivity index (χ3v) is 5.10. The summed E-state index contributed by atoms with van der Waals surface area (Å²) < 4.78 is 42.3. The molecule has 0 aliphatic carbocycles. The van der Waals surface area contributed by atoms with E-state index in [0.29, 0.717) is 16.7 Å². The summed E-state index contributed by atoms with van der Waals surface area (Å²) in [6, 6.07) is 8.50. The highest BCUT2D eigenvalue weighted by molar-refractivity contribution is 6.34. The second kappa shape index (κ2) is 8.69. The summed E-state index contributed by atoms with van der Waals surface area (Å²) in [6.45, 7) is 1.69. The molecule has 0 radical (unpaired) electrons. The van der Waals surface area contributed by atoms with Gasteiger partial charge in [-0.2, -0.15) is 13.2 Å². The van der Waals surface area contributed by atoms with E-state index in [1.165, 1.54) is 18.2 Å². The van der Waals surface area contributed by atoms with Gasteiger partial charge in [-0.25, -0.2) is 0 Å². The standard InChI is InChI=1S/C21H16Cl2F3N3O2/c1-3-6-30-29-19(27)17-5-4-13(7-12(17)2)18-11-20(31-28-18,21(24,25)26)14-8-15(22)10-16(23)9-14/h1,4-5,7-10H,6,11H2,2H3,(H2,27,29). The minimum absolute atomic E-state index is 0.0426. The van der Waals surface area contributed by atoms with Gasteiger partial charge in [-0.1, -0.05) is 51.6 Å². The van der Waals surface area contributed by atoms with Crippen molar-refractivity contribution in [3.8, 4) is 12.3 Å². The van der Waals surface area contributed by atoms with Gasteiger partial charge in [-0.05, 0) is 42.3 Å². The second-order valence-corrected chi connectivity index (χ2v) is 7.65. The number of hydrogen-bond acceptors (Lipinski definition) is 4.